The fourth-order valence-corrected chi connectivity index (χ4v) is 4.08. The van der Waals surface area contributed by atoms with Gasteiger partial charge in [-0.15, -0.1) is 0 Å². The number of hydrogen-bond donors (Lipinski definition) is 5. The molecule has 0 bridgehead atoms. The minimum Gasteiger partial charge on any atom is -0.463 e. The molecular formula is C27H54O7. The summed E-state index contributed by atoms with van der Waals surface area (Å²) in [6, 6.07) is 0. The SMILES string of the molecule is CCCCCCCCCCCCCCCCCCCCC(=O)OC[C@@H](O)[C@@H](O)[C@H](O)[C@H](O)CO. The third-order valence-electron chi connectivity index (χ3n) is 6.47. The second-order valence-electron chi connectivity index (χ2n) is 9.74. The quantitative estimate of drug-likeness (QED) is 0.0948. The Morgan fingerprint density at radius 1 is 0.588 bits per heavy atom. The Bertz CT molecular complexity index is 447. The number of unbranched alkanes of at least 4 members (excludes halogenated alkanes) is 17. The number of aliphatic hydroxyl groups is 5. The second-order valence-corrected chi connectivity index (χ2v) is 9.74. The van der Waals surface area contributed by atoms with E-state index in [1.165, 1.54) is 96.3 Å². The van der Waals surface area contributed by atoms with Crippen LogP contribution < -0.4 is 0 Å². The molecule has 7 nitrogen and oxygen atoms in total. The van der Waals surface area contributed by atoms with Crippen LogP contribution in [0.5, 0.6) is 0 Å². The first-order chi connectivity index (χ1) is 16.4. The van der Waals surface area contributed by atoms with Crippen LogP contribution in [-0.4, -0.2) is 69.1 Å². The van der Waals surface area contributed by atoms with Crippen molar-refractivity contribution in [2.75, 3.05) is 13.2 Å². The fraction of sp³-hybridized carbons (Fsp3) is 0.963. The smallest absolute Gasteiger partial charge is 0.305 e. The van der Waals surface area contributed by atoms with E-state index in [1.54, 1.807) is 0 Å². The van der Waals surface area contributed by atoms with Gasteiger partial charge in [0.05, 0.1) is 6.61 Å². The lowest BCUT2D eigenvalue weighted by molar-refractivity contribution is -0.156. The van der Waals surface area contributed by atoms with Gasteiger partial charge in [0.1, 0.15) is 31.0 Å². The van der Waals surface area contributed by atoms with Crippen LogP contribution in [0.3, 0.4) is 0 Å². The third kappa shape index (κ3) is 19.6. The van der Waals surface area contributed by atoms with E-state index in [-0.39, 0.29) is 6.42 Å². The summed E-state index contributed by atoms with van der Waals surface area (Å²) in [5.74, 6) is -0.458. The highest BCUT2D eigenvalue weighted by Gasteiger charge is 2.30. The predicted molar refractivity (Wildman–Crippen MR) is 135 cm³/mol. The second kappa shape index (κ2) is 24.0. The zero-order chi connectivity index (χ0) is 25.4. The van der Waals surface area contributed by atoms with Crippen LogP contribution in [0, 0.1) is 0 Å². The Labute approximate surface area is 207 Å². The summed E-state index contributed by atoms with van der Waals surface area (Å²) < 4.78 is 4.92. The van der Waals surface area contributed by atoms with Crippen molar-refractivity contribution in [3.63, 3.8) is 0 Å². The molecule has 34 heavy (non-hydrogen) atoms. The minimum atomic E-state index is -1.71. The third-order valence-corrected chi connectivity index (χ3v) is 6.47. The lowest BCUT2D eigenvalue weighted by Crippen LogP contribution is -2.47. The van der Waals surface area contributed by atoms with Gasteiger partial charge < -0.3 is 30.3 Å². The van der Waals surface area contributed by atoms with E-state index in [2.05, 4.69) is 6.92 Å². The van der Waals surface area contributed by atoms with E-state index in [0.717, 1.165) is 19.3 Å². The number of esters is 1. The van der Waals surface area contributed by atoms with Crippen molar-refractivity contribution < 1.29 is 35.1 Å². The molecule has 0 radical (unpaired) electrons. The molecule has 0 fully saturated rings. The molecule has 0 amide bonds. The van der Waals surface area contributed by atoms with Crippen LogP contribution in [0.1, 0.15) is 129 Å². The summed E-state index contributed by atoms with van der Waals surface area (Å²) in [5, 5.41) is 47.0. The minimum absolute atomic E-state index is 0.253. The Morgan fingerprint density at radius 2 is 0.941 bits per heavy atom. The zero-order valence-electron chi connectivity index (χ0n) is 21.7. The van der Waals surface area contributed by atoms with Gasteiger partial charge in [-0.3, -0.25) is 4.79 Å². The monoisotopic (exact) mass is 490 g/mol. The van der Waals surface area contributed by atoms with Gasteiger partial charge in [-0.2, -0.15) is 0 Å². The summed E-state index contributed by atoms with van der Waals surface area (Å²) in [7, 11) is 0. The highest BCUT2D eigenvalue weighted by molar-refractivity contribution is 5.69. The molecule has 0 heterocycles. The summed E-state index contributed by atoms with van der Waals surface area (Å²) in [6.45, 7) is 1.05. The molecule has 0 unspecified atom stereocenters. The van der Waals surface area contributed by atoms with Crippen molar-refractivity contribution in [2.24, 2.45) is 0 Å². The van der Waals surface area contributed by atoms with E-state index >= 15 is 0 Å². The van der Waals surface area contributed by atoms with Gasteiger partial charge in [0.15, 0.2) is 0 Å². The Balaban J connectivity index is 3.40. The van der Waals surface area contributed by atoms with Crippen molar-refractivity contribution in [3.05, 3.63) is 0 Å². The molecule has 7 heteroatoms. The van der Waals surface area contributed by atoms with Crippen molar-refractivity contribution in [3.8, 4) is 0 Å². The normalized spacial score (nSPS) is 15.1. The maximum atomic E-state index is 11.7. The van der Waals surface area contributed by atoms with Crippen LogP contribution in [0.25, 0.3) is 0 Å². The predicted octanol–water partition coefficient (Wildman–Crippen LogP) is 4.40. The average molecular weight is 491 g/mol. The molecule has 0 aliphatic heterocycles. The molecule has 5 N–H and O–H groups in total. The maximum Gasteiger partial charge on any atom is 0.305 e. The van der Waals surface area contributed by atoms with Crippen LogP contribution in [0.4, 0.5) is 0 Å². The highest BCUT2D eigenvalue weighted by atomic mass is 16.5. The van der Waals surface area contributed by atoms with E-state index in [0.29, 0.717) is 0 Å². The summed E-state index contributed by atoms with van der Waals surface area (Å²) in [5.41, 5.74) is 0. The first-order valence-corrected chi connectivity index (χ1v) is 13.9. The summed E-state index contributed by atoms with van der Waals surface area (Å²) >= 11 is 0. The standard InChI is InChI=1S/C27H54O7/c1-2-3-4-5-6-7-8-9-10-11-12-13-14-15-16-17-18-19-20-25(31)34-22-24(30)27(33)26(32)23(29)21-28/h23-24,26-30,32-33H,2-22H2,1H3/t23-,24-,26-,27-/m1/s1. The number of ether oxygens (including phenoxy) is 1. The van der Waals surface area contributed by atoms with Gasteiger partial charge >= 0.3 is 5.97 Å². The average Bonchev–Trinajstić information content (AvgIpc) is 2.84. The fourth-order valence-electron chi connectivity index (χ4n) is 4.08. The highest BCUT2D eigenvalue weighted by Crippen LogP contribution is 2.15. The van der Waals surface area contributed by atoms with Gasteiger partial charge in [0.25, 0.3) is 0 Å². The van der Waals surface area contributed by atoms with Crippen molar-refractivity contribution in [1.82, 2.24) is 0 Å². The molecule has 0 aromatic carbocycles. The number of rotatable bonds is 25. The van der Waals surface area contributed by atoms with Crippen LogP contribution in [-0.2, 0) is 9.53 Å². The van der Waals surface area contributed by atoms with Gasteiger partial charge in [-0.1, -0.05) is 116 Å². The first-order valence-electron chi connectivity index (χ1n) is 13.9. The van der Waals surface area contributed by atoms with E-state index in [1.807, 2.05) is 0 Å². The number of aliphatic hydroxyl groups excluding tert-OH is 5. The summed E-state index contributed by atoms with van der Waals surface area (Å²) in [6.07, 6.45) is 16.8. The Kier molecular flexibility index (Phi) is 23.5. The number of hydrogen-bond acceptors (Lipinski definition) is 7. The van der Waals surface area contributed by atoms with Gasteiger partial charge in [0, 0.05) is 6.42 Å². The summed E-state index contributed by atoms with van der Waals surface area (Å²) in [4.78, 5) is 11.7. The first kappa shape index (κ1) is 33.3. The molecule has 0 aromatic rings. The molecule has 204 valence electrons. The molecule has 4 atom stereocenters. The Morgan fingerprint density at radius 3 is 1.32 bits per heavy atom. The van der Waals surface area contributed by atoms with E-state index in [4.69, 9.17) is 9.84 Å². The Hall–Kier alpha value is -0.730. The molecule has 0 aliphatic rings. The van der Waals surface area contributed by atoms with E-state index < -0.39 is 43.6 Å². The molecule has 0 aromatic heterocycles. The van der Waals surface area contributed by atoms with Gasteiger partial charge in [0.2, 0.25) is 0 Å². The molecule has 0 rings (SSSR count). The van der Waals surface area contributed by atoms with Crippen molar-refractivity contribution in [1.29, 1.82) is 0 Å². The van der Waals surface area contributed by atoms with Gasteiger partial charge in [-0.25, -0.2) is 0 Å². The largest absolute Gasteiger partial charge is 0.463 e. The molecular weight excluding hydrogens is 436 g/mol. The maximum absolute atomic E-state index is 11.7. The zero-order valence-corrected chi connectivity index (χ0v) is 21.7. The van der Waals surface area contributed by atoms with Crippen molar-refractivity contribution in [2.45, 2.75) is 153 Å². The van der Waals surface area contributed by atoms with Crippen molar-refractivity contribution >= 4 is 5.97 Å². The molecule has 0 aliphatic carbocycles. The van der Waals surface area contributed by atoms with E-state index in [9.17, 15) is 25.2 Å². The molecule has 0 spiro atoms. The van der Waals surface area contributed by atoms with Crippen LogP contribution in [0.15, 0.2) is 0 Å². The number of carbonyl (C=O) groups is 1. The number of carbonyl (C=O) groups excluding carboxylic acids is 1. The lowest BCUT2D eigenvalue weighted by Gasteiger charge is -2.25. The van der Waals surface area contributed by atoms with Gasteiger partial charge in [-0.05, 0) is 6.42 Å². The topological polar surface area (TPSA) is 127 Å². The molecule has 0 saturated heterocycles. The van der Waals surface area contributed by atoms with Crippen LogP contribution >= 0.6 is 0 Å². The van der Waals surface area contributed by atoms with Crippen LogP contribution in [0.2, 0.25) is 0 Å². The molecule has 0 saturated carbocycles. The lowest BCUT2D eigenvalue weighted by atomic mass is 10.0.